The molecular weight excluding hydrogens is 124 g/mol. The SMILES string of the molecule is O=C(O)NN1CCN=N1. The molecule has 1 aliphatic rings. The summed E-state index contributed by atoms with van der Waals surface area (Å²) in [5.74, 6) is 0. The molecule has 0 aromatic heterocycles. The minimum absolute atomic E-state index is 0.520. The maximum Gasteiger partial charge on any atom is 0.424 e. The molecule has 6 nitrogen and oxygen atoms in total. The Kier molecular flexibility index (Phi) is 1.48. The fraction of sp³-hybridized carbons (Fsp3) is 0.667. The zero-order valence-corrected chi connectivity index (χ0v) is 4.61. The summed E-state index contributed by atoms with van der Waals surface area (Å²) in [6.45, 7) is 1.08. The Morgan fingerprint density at radius 3 is 3.00 bits per heavy atom. The van der Waals surface area contributed by atoms with Crippen LogP contribution in [0.1, 0.15) is 0 Å². The van der Waals surface area contributed by atoms with Crippen molar-refractivity contribution in [2.75, 3.05) is 13.1 Å². The van der Waals surface area contributed by atoms with Gasteiger partial charge in [-0.25, -0.2) is 10.2 Å². The third-order valence-electron chi connectivity index (χ3n) is 0.808. The van der Waals surface area contributed by atoms with Gasteiger partial charge in [-0.3, -0.25) is 0 Å². The summed E-state index contributed by atoms with van der Waals surface area (Å²) >= 11 is 0. The van der Waals surface area contributed by atoms with Crippen LogP contribution in [0.4, 0.5) is 4.79 Å². The highest BCUT2D eigenvalue weighted by molar-refractivity contribution is 5.63. The summed E-state index contributed by atoms with van der Waals surface area (Å²) < 4.78 is 0. The summed E-state index contributed by atoms with van der Waals surface area (Å²) in [6.07, 6.45) is -1.11. The third kappa shape index (κ3) is 1.56. The molecule has 0 fully saturated rings. The lowest BCUT2D eigenvalue weighted by molar-refractivity contribution is 0.149. The number of nitrogens with one attached hydrogen (secondary N) is 1. The largest absolute Gasteiger partial charge is 0.464 e. The van der Waals surface area contributed by atoms with Crippen LogP contribution in [-0.2, 0) is 0 Å². The molecule has 9 heavy (non-hydrogen) atoms. The molecule has 0 spiro atoms. The zero-order chi connectivity index (χ0) is 6.69. The minimum atomic E-state index is -1.11. The molecule has 0 atom stereocenters. The summed E-state index contributed by atoms with van der Waals surface area (Å²) in [5, 5.41) is 16.3. The van der Waals surface area contributed by atoms with E-state index in [9.17, 15) is 4.79 Å². The number of amides is 1. The molecule has 0 aromatic rings. The van der Waals surface area contributed by atoms with Gasteiger partial charge >= 0.3 is 6.09 Å². The van der Waals surface area contributed by atoms with Crippen LogP contribution >= 0.6 is 0 Å². The van der Waals surface area contributed by atoms with Crippen LogP contribution in [-0.4, -0.2) is 29.4 Å². The van der Waals surface area contributed by atoms with Crippen molar-refractivity contribution in [3.63, 3.8) is 0 Å². The zero-order valence-electron chi connectivity index (χ0n) is 4.61. The molecule has 1 amide bonds. The van der Waals surface area contributed by atoms with E-state index in [0.717, 1.165) is 0 Å². The Morgan fingerprint density at radius 1 is 1.78 bits per heavy atom. The summed E-state index contributed by atoms with van der Waals surface area (Å²) in [7, 11) is 0. The number of carboxylic acid groups (broad SMARTS) is 1. The summed E-state index contributed by atoms with van der Waals surface area (Å²) in [4.78, 5) is 9.90. The van der Waals surface area contributed by atoms with Gasteiger partial charge in [0.25, 0.3) is 0 Å². The van der Waals surface area contributed by atoms with Gasteiger partial charge in [-0.05, 0) is 0 Å². The van der Waals surface area contributed by atoms with Crippen LogP contribution in [0.25, 0.3) is 0 Å². The van der Waals surface area contributed by atoms with Crippen molar-refractivity contribution in [2.45, 2.75) is 0 Å². The standard InChI is InChI=1S/C3H6N4O2/c8-3(9)5-7-2-1-4-6-7/h5H,1-2H2,(H,8,9). The lowest BCUT2D eigenvalue weighted by Gasteiger charge is -2.08. The van der Waals surface area contributed by atoms with E-state index < -0.39 is 6.09 Å². The Hall–Kier alpha value is -1.33. The first-order valence-electron chi connectivity index (χ1n) is 2.43. The van der Waals surface area contributed by atoms with E-state index in [1.165, 1.54) is 5.12 Å². The van der Waals surface area contributed by atoms with Gasteiger partial charge in [-0.15, -0.1) is 0 Å². The van der Waals surface area contributed by atoms with E-state index in [1.807, 2.05) is 5.43 Å². The molecule has 0 bridgehead atoms. The van der Waals surface area contributed by atoms with E-state index in [2.05, 4.69) is 10.3 Å². The molecular formula is C3H6N4O2. The first kappa shape index (κ1) is 5.80. The van der Waals surface area contributed by atoms with Crippen molar-refractivity contribution in [3.05, 3.63) is 0 Å². The second-order valence-corrected chi connectivity index (χ2v) is 1.49. The normalized spacial score (nSPS) is 16.2. The van der Waals surface area contributed by atoms with E-state index in [4.69, 9.17) is 5.11 Å². The second-order valence-electron chi connectivity index (χ2n) is 1.49. The van der Waals surface area contributed by atoms with E-state index >= 15 is 0 Å². The quantitative estimate of drug-likeness (QED) is 0.518. The molecule has 0 radical (unpaired) electrons. The first-order valence-corrected chi connectivity index (χ1v) is 2.43. The number of carbonyl (C=O) groups is 1. The summed E-state index contributed by atoms with van der Waals surface area (Å²) in [6, 6.07) is 0. The van der Waals surface area contributed by atoms with Gasteiger partial charge in [0.05, 0.1) is 13.1 Å². The van der Waals surface area contributed by atoms with Crippen molar-refractivity contribution in [2.24, 2.45) is 10.3 Å². The lowest BCUT2D eigenvalue weighted by Crippen LogP contribution is -2.36. The van der Waals surface area contributed by atoms with Crippen molar-refractivity contribution < 1.29 is 9.90 Å². The van der Waals surface area contributed by atoms with Crippen LogP contribution in [0.3, 0.4) is 0 Å². The van der Waals surface area contributed by atoms with Crippen LogP contribution in [0.2, 0.25) is 0 Å². The monoisotopic (exact) mass is 130 g/mol. The van der Waals surface area contributed by atoms with Crippen molar-refractivity contribution >= 4 is 6.09 Å². The van der Waals surface area contributed by atoms with Crippen LogP contribution in [0.5, 0.6) is 0 Å². The highest BCUT2D eigenvalue weighted by atomic mass is 16.4. The highest BCUT2D eigenvalue weighted by Gasteiger charge is 2.07. The van der Waals surface area contributed by atoms with Crippen molar-refractivity contribution in [3.8, 4) is 0 Å². The number of hydrogen-bond donors (Lipinski definition) is 2. The van der Waals surface area contributed by atoms with Gasteiger partial charge in [0.1, 0.15) is 0 Å². The topological polar surface area (TPSA) is 77.3 Å². The predicted molar refractivity (Wildman–Crippen MR) is 27.6 cm³/mol. The average molecular weight is 130 g/mol. The van der Waals surface area contributed by atoms with Crippen LogP contribution < -0.4 is 5.43 Å². The molecule has 0 unspecified atom stereocenters. The lowest BCUT2D eigenvalue weighted by atomic mass is 10.7. The van der Waals surface area contributed by atoms with E-state index in [1.54, 1.807) is 0 Å². The van der Waals surface area contributed by atoms with Crippen LogP contribution in [0.15, 0.2) is 10.3 Å². The molecule has 1 aliphatic heterocycles. The van der Waals surface area contributed by atoms with Gasteiger partial charge in [0, 0.05) is 0 Å². The molecule has 1 rings (SSSR count). The maximum absolute atomic E-state index is 9.90. The number of hydrazine groups is 1. The Bertz CT molecular complexity index is 145. The Morgan fingerprint density at radius 2 is 2.56 bits per heavy atom. The van der Waals surface area contributed by atoms with Gasteiger partial charge < -0.3 is 5.11 Å². The summed E-state index contributed by atoms with van der Waals surface area (Å²) in [5.41, 5.74) is 2.03. The maximum atomic E-state index is 9.90. The van der Waals surface area contributed by atoms with E-state index in [0.29, 0.717) is 13.1 Å². The van der Waals surface area contributed by atoms with Gasteiger partial charge in [0.15, 0.2) is 0 Å². The second kappa shape index (κ2) is 2.29. The predicted octanol–water partition coefficient (Wildman–Crippen LogP) is -0.148. The minimum Gasteiger partial charge on any atom is -0.464 e. The molecule has 2 N–H and O–H groups in total. The molecule has 0 aliphatic carbocycles. The Balaban J connectivity index is 2.28. The fourth-order valence-electron chi connectivity index (χ4n) is 0.494. The van der Waals surface area contributed by atoms with E-state index in [-0.39, 0.29) is 0 Å². The fourth-order valence-corrected chi connectivity index (χ4v) is 0.494. The highest BCUT2D eigenvalue weighted by Crippen LogP contribution is 1.93. The van der Waals surface area contributed by atoms with Crippen molar-refractivity contribution in [1.29, 1.82) is 0 Å². The molecule has 50 valence electrons. The van der Waals surface area contributed by atoms with Gasteiger partial charge in [-0.1, -0.05) is 5.22 Å². The Labute approximate surface area is 51.1 Å². The number of rotatable bonds is 1. The molecule has 0 saturated heterocycles. The van der Waals surface area contributed by atoms with Crippen molar-refractivity contribution in [1.82, 2.24) is 10.5 Å². The van der Waals surface area contributed by atoms with Gasteiger partial charge in [-0.2, -0.15) is 10.2 Å². The number of nitrogens with zero attached hydrogens (tertiary/aromatic N) is 3. The molecule has 0 saturated carbocycles. The third-order valence-corrected chi connectivity index (χ3v) is 0.808. The average Bonchev–Trinajstić information content (AvgIpc) is 2.15. The van der Waals surface area contributed by atoms with Crippen LogP contribution in [0, 0.1) is 0 Å². The smallest absolute Gasteiger partial charge is 0.424 e. The molecule has 0 aromatic carbocycles. The first-order chi connectivity index (χ1) is 4.29. The molecule has 1 heterocycles. The van der Waals surface area contributed by atoms with Gasteiger partial charge in [0.2, 0.25) is 0 Å². The molecule has 6 heteroatoms. The number of hydrogen-bond acceptors (Lipinski definition) is 4.